The van der Waals surface area contributed by atoms with E-state index in [2.05, 4.69) is 11.9 Å². The molecule has 0 aromatic rings. The topological polar surface area (TPSA) is 29.1 Å². The van der Waals surface area contributed by atoms with Gasteiger partial charge in [0.1, 0.15) is 5.78 Å². The Morgan fingerprint density at radius 3 is 2.73 bits per heavy atom. The van der Waals surface area contributed by atoms with Crippen LogP contribution in [0, 0.1) is 0 Å². The number of ketones is 1. The molecule has 0 radical (unpaired) electrons. The first-order chi connectivity index (χ1) is 5.33. The van der Waals surface area contributed by atoms with Crippen molar-refractivity contribution < 1.29 is 4.79 Å². The van der Waals surface area contributed by atoms with Crippen LogP contribution in [0.1, 0.15) is 25.7 Å². The fourth-order valence-electron chi connectivity index (χ4n) is 1.39. The maximum atomic E-state index is 10.8. The molecule has 0 spiro atoms. The van der Waals surface area contributed by atoms with Crippen LogP contribution in [0.2, 0.25) is 0 Å². The molecule has 0 saturated heterocycles. The number of nitrogens with one attached hydrogen (secondary N) is 1. The molecule has 0 aromatic heterocycles. The van der Waals surface area contributed by atoms with Crippen LogP contribution in [0.5, 0.6) is 0 Å². The summed E-state index contributed by atoms with van der Waals surface area (Å²) in [5.41, 5.74) is 0. The number of rotatable bonds is 3. The molecule has 0 atom stereocenters. The van der Waals surface area contributed by atoms with Gasteiger partial charge in [0.2, 0.25) is 0 Å². The van der Waals surface area contributed by atoms with Crippen LogP contribution in [-0.4, -0.2) is 18.4 Å². The van der Waals surface area contributed by atoms with Crippen molar-refractivity contribution in [2.75, 3.05) is 6.54 Å². The van der Waals surface area contributed by atoms with Crippen LogP contribution in [0.3, 0.4) is 0 Å². The van der Waals surface area contributed by atoms with Crippen LogP contribution in [0.15, 0.2) is 12.7 Å². The summed E-state index contributed by atoms with van der Waals surface area (Å²) in [6.45, 7) is 4.49. The van der Waals surface area contributed by atoms with E-state index in [4.69, 9.17) is 0 Å². The summed E-state index contributed by atoms with van der Waals surface area (Å²) < 4.78 is 0. The normalized spacial score (nSPS) is 20.2. The number of carbonyl (C=O) groups is 1. The van der Waals surface area contributed by atoms with Crippen LogP contribution < -0.4 is 5.32 Å². The van der Waals surface area contributed by atoms with Crippen molar-refractivity contribution in [2.45, 2.75) is 31.7 Å². The molecule has 1 aliphatic carbocycles. The fourth-order valence-corrected chi connectivity index (χ4v) is 1.39. The van der Waals surface area contributed by atoms with E-state index >= 15 is 0 Å². The number of Topliss-reactive ketones (excluding diaryl/α,β-unsaturated/α-hetero) is 1. The highest BCUT2D eigenvalue weighted by molar-refractivity contribution is 5.79. The maximum absolute atomic E-state index is 10.8. The fraction of sp³-hybridized carbons (Fsp3) is 0.667. The Morgan fingerprint density at radius 1 is 1.55 bits per heavy atom. The lowest BCUT2D eigenvalue weighted by molar-refractivity contribution is -0.120. The highest BCUT2D eigenvalue weighted by atomic mass is 16.1. The predicted octanol–water partition coefficient (Wildman–Crippen LogP) is 1.27. The van der Waals surface area contributed by atoms with Gasteiger partial charge in [-0.2, -0.15) is 0 Å². The molecule has 0 bridgehead atoms. The van der Waals surface area contributed by atoms with E-state index in [1.165, 1.54) is 0 Å². The van der Waals surface area contributed by atoms with Crippen LogP contribution >= 0.6 is 0 Å². The second kappa shape index (κ2) is 4.29. The van der Waals surface area contributed by atoms with Gasteiger partial charge in [-0.3, -0.25) is 4.79 Å². The maximum Gasteiger partial charge on any atom is 0.133 e. The molecular formula is C9H15NO. The van der Waals surface area contributed by atoms with Crippen molar-refractivity contribution in [3.05, 3.63) is 12.7 Å². The second-order valence-electron chi connectivity index (χ2n) is 3.01. The van der Waals surface area contributed by atoms with Gasteiger partial charge in [0.15, 0.2) is 0 Å². The highest BCUT2D eigenvalue weighted by Gasteiger charge is 2.16. The third-order valence-electron chi connectivity index (χ3n) is 2.09. The lowest BCUT2D eigenvalue weighted by atomic mass is 9.94. The third-order valence-corrected chi connectivity index (χ3v) is 2.09. The molecule has 11 heavy (non-hydrogen) atoms. The summed E-state index contributed by atoms with van der Waals surface area (Å²) in [7, 11) is 0. The average molecular weight is 153 g/mol. The van der Waals surface area contributed by atoms with Gasteiger partial charge < -0.3 is 5.32 Å². The van der Waals surface area contributed by atoms with Gasteiger partial charge >= 0.3 is 0 Å². The molecule has 1 aliphatic rings. The summed E-state index contributed by atoms with van der Waals surface area (Å²) >= 11 is 0. The van der Waals surface area contributed by atoms with E-state index in [0.717, 1.165) is 32.2 Å². The molecule has 1 saturated carbocycles. The van der Waals surface area contributed by atoms with Gasteiger partial charge in [-0.25, -0.2) is 0 Å². The zero-order valence-electron chi connectivity index (χ0n) is 6.81. The van der Waals surface area contributed by atoms with Crippen LogP contribution in [0.25, 0.3) is 0 Å². The van der Waals surface area contributed by atoms with Crippen LogP contribution in [0.4, 0.5) is 0 Å². The summed E-state index contributed by atoms with van der Waals surface area (Å²) in [5, 5.41) is 3.32. The first-order valence-electron chi connectivity index (χ1n) is 4.19. The molecule has 0 aliphatic heterocycles. The van der Waals surface area contributed by atoms with Crippen molar-refractivity contribution in [1.29, 1.82) is 0 Å². The Hall–Kier alpha value is -0.630. The van der Waals surface area contributed by atoms with E-state index in [1.54, 1.807) is 0 Å². The summed E-state index contributed by atoms with van der Waals surface area (Å²) in [5.74, 6) is 0.418. The van der Waals surface area contributed by atoms with Crippen LogP contribution in [-0.2, 0) is 4.79 Å². The molecule has 2 nitrogen and oxygen atoms in total. The lowest BCUT2D eigenvalue weighted by Gasteiger charge is -2.21. The Morgan fingerprint density at radius 2 is 2.18 bits per heavy atom. The quantitative estimate of drug-likeness (QED) is 0.619. The Kier molecular flexibility index (Phi) is 3.30. The largest absolute Gasteiger partial charge is 0.311 e. The minimum absolute atomic E-state index is 0.418. The van der Waals surface area contributed by atoms with Gasteiger partial charge in [0, 0.05) is 25.4 Å². The van der Waals surface area contributed by atoms with Crippen molar-refractivity contribution in [1.82, 2.24) is 5.32 Å². The third kappa shape index (κ3) is 2.85. The standard InChI is InChI=1S/C9H15NO/c1-2-7-10-8-3-5-9(11)6-4-8/h2,8,10H,1,3-7H2. The number of hydrogen-bond donors (Lipinski definition) is 1. The summed E-state index contributed by atoms with van der Waals surface area (Å²) in [6, 6.07) is 0.547. The van der Waals surface area contributed by atoms with Gasteiger partial charge in [-0.1, -0.05) is 6.08 Å². The minimum Gasteiger partial charge on any atom is -0.311 e. The zero-order chi connectivity index (χ0) is 8.10. The predicted molar refractivity (Wildman–Crippen MR) is 45.5 cm³/mol. The molecule has 0 unspecified atom stereocenters. The first kappa shape index (κ1) is 8.47. The summed E-state index contributed by atoms with van der Waals surface area (Å²) in [4.78, 5) is 10.8. The van der Waals surface area contributed by atoms with Gasteiger partial charge in [-0.15, -0.1) is 6.58 Å². The molecule has 0 aromatic carbocycles. The van der Waals surface area contributed by atoms with E-state index in [1.807, 2.05) is 6.08 Å². The molecule has 1 fully saturated rings. The van der Waals surface area contributed by atoms with E-state index in [0.29, 0.717) is 11.8 Å². The Balaban J connectivity index is 2.16. The molecule has 0 heterocycles. The van der Waals surface area contributed by atoms with E-state index in [-0.39, 0.29) is 0 Å². The average Bonchev–Trinajstić information content (AvgIpc) is 2.04. The van der Waals surface area contributed by atoms with Gasteiger partial charge in [0.05, 0.1) is 0 Å². The number of carbonyl (C=O) groups excluding carboxylic acids is 1. The molecular weight excluding hydrogens is 138 g/mol. The Labute approximate surface area is 67.7 Å². The van der Waals surface area contributed by atoms with E-state index in [9.17, 15) is 4.79 Å². The van der Waals surface area contributed by atoms with Gasteiger partial charge in [0.25, 0.3) is 0 Å². The second-order valence-corrected chi connectivity index (χ2v) is 3.01. The van der Waals surface area contributed by atoms with E-state index < -0.39 is 0 Å². The van der Waals surface area contributed by atoms with Crippen molar-refractivity contribution in [3.63, 3.8) is 0 Å². The lowest BCUT2D eigenvalue weighted by Crippen LogP contribution is -2.33. The molecule has 1 N–H and O–H groups in total. The van der Waals surface area contributed by atoms with Gasteiger partial charge in [-0.05, 0) is 12.8 Å². The first-order valence-corrected chi connectivity index (χ1v) is 4.19. The summed E-state index contributed by atoms with van der Waals surface area (Å²) in [6.07, 6.45) is 5.39. The Bertz CT molecular complexity index is 141. The van der Waals surface area contributed by atoms with Crippen molar-refractivity contribution in [2.24, 2.45) is 0 Å². The number of hydrogen-bond acceptors (Lipinski definition) is 2. The highest BCUT2D eigenvalue weighted by Crippen LogP contribution is 2.14. The molecule has 2 heteroatoms. The molecule has 62 valence electrons. The SMILES string of the molecule is C=CCNC1CCC(=O)CC1. The van der Waals surface area contributed by atoms with Crippen molar-refractivity contribution >= 4 is 5.78 Å². The van der Waals surface area contributed by atoms with Crippen molar-refractivity contribution in [3.8, 4) is 0 Å². The zero-order valence-corrected chi connectivity index (χ0v) is 6.81. The molecule has 0 amide bonds. The monoisotopic (exact) mass is 153 g/mol. The molecule has 1 rings (SSSR count). The minimum atomic E-state index is 0.418. The smallest absolute Gasteiger partial charge is 0.133 e.